The van der Waals surface area contributed by atoms with Gasteiger partial charge in [0.15, 0.2) is 0 Å². The highest BCUT2D eigenvalue weighted by Crippen LogP contribution is 2.39. The lowest BCUT2D eigenvalue weighted by Crippen LogP contribution is -2.54. The monoisotopic (exact) mass is 373 g/mol. The van der Waals surface area contributed by atoms with Crippen LogP contribution in [0.1, 0.15) is 11.1 Å². The summed E-state index contributed by atoms with van der Waals surface area (Å²) in [6, 6.07) is 10.8. The quantitative estimate of drug-likeness (QED) is 0.844. The molecule has 2 aromatic rings. The molecule has 0 aromatic heterocycles. The van der Waals surface area contributed by atoms with E-state index >= 15 is 0 Å². The molecule has 25 heavy (non-hydrogen) atoms. The minimum absolute atomic E-state index is 0.257. The van der Waals surface area contributed by atoms with Gasteiger partial charge in [0.2, 0.25) is 0 Å². The minimum Gasteiger partial charge on any atom is -0.497 e. The van der Waals surface area contributed by atoms with Crippen LogP contribution < -0.4 is 10.1 Å². The number of halogens is 4. The van der Waals surface area contributed by atoms with Crippen molar-refractivity contribution in [3.05, 3.63) is 64.7 Å². The van der Waals surface area contributed by atoms with Gasteiger partial charge in [-0.3, -0.25) is 4.79 Å². The predicted octanol–water partition coefficient (Wildman–Crippen LogP) is 3.41. The molecule has 1 unspecified atom stereocenters. The van der Waals surface area contributed by atoms with Gasteiger partial charge in [0.05, 0.1) is 7.11 Å². The highest BCUT2D eigenvalue weighted by molar-refractivity contribution is 6.31. The van der Waals surface area contributed by atoms with Crippen molar-refractivity contribution in [2.45, 2.75) is 18.3 Å². The van der Waals surface area contributed by atoms with Crippen LogP contribution in [0.2, 0.25) is 5.02 Å². The third kappa shape index (κ3) is 3.88. The molecule has 0 heterocycles. The zero-order chi connectivity index (χ0) is 18.7. The largest absolute Gasteiger partial charge is 0.497 e. The normalized spacial score (nSPS) is 13.8. The van der Waals surface area contributed by atoms with E-state index in [1.807, 2.05) is 0 Å². The smallest absolute Gasteiger partial charge is 0.430 e. The molecule has 8 heteroatoms. The molecule has 0 radical (unpaired) electrons. The summed E-state index contributed by atoms with van der Waals surface area (Å²) in [6.45, 7) is -0.257. The number of hydrogen-bond acceptors (Lipinski definition) is 3. The fourth-order valence-electron chi connectivity index (χ4n) is 2.20. The Morgan fingerprint density at radius 3 is 2.28 bits per heavy atom. The summed E-state index contributed by atoms with van der Waals surface area (Å²) in [7, 11) is 1.35. The van der Waals surface area contributed by atoms with Crippen LogP contribution in [0.3, 0.4) is 0 Å². The second-order valence-electron chi connectivity index (χ2n) is 5.21. The van der Waals surface area contributed by atoms with Gasteiger partial charge in [0, 0.05) is 17.1 Å². The van der Waals surface area contributed by atoms with E-state index < -0.39 is 23.2 Å². The fraction of sp³-hybridized carbons (Fsp3) is 0.235. The molecule has 2 N–H and O–H groups in total. The maximum atomic E-state index is 13.5. The Bertz CT molecular complexity index is 750. The number of hydrogen-bond donors (Lipinski definition) is 2. The number of carbonyl (C=O) groups excluding carboxylic acids is 1. The first-order valence-electron chi connectivity index (χ1n) is 7.15. The molecule has 0 saturated heterocycles. The summed E-state index contributed by atoms with van der Waals surface area (Å²) in [4.78, 5) is 12.2. The van der Waals surface area contributed by atoms with Gasteiger partial charge in [-0.25, -0.2) is 0 Å². The lowest BCUT2D eigenvalue weighted by atomic mass is 9.91. The van der Waals surface area contributed by atoms with Crippen LogP contribution >= 0.6 is 11.6 Å². The van der Waals surface area contributed by atoms with Crippen molar-refractivity contribution in [2.75, 3.05) is 7.11 Å². The first-order chi connectivity index (χ1) is 11.7. The standard InChI is InChI=1S/C17H15ClF3NO3/c1-25-13-8-6-12(7-9-13)16(24,17(19,20)21)15(23)22-10-11-4-2-3-5-14(11)18/h2-9,24H,10H2,1H3,(H,22,23). The Hall–Kier alpha value is -2.25. The SMILES string of the molecule is COc1ccc(C(O)(C(=O)NCc2ccccc2Cl)C(F)(F)F)cc1. The maximum absolute atomic E-state index is 13.5. The van der Waals surface area contributed by atoms with Gasteiger partial charge in [-0.2, -0.15) is 13.2 Å². The Morgan fingerprint density at radius 2 is 1.76 bits per heavy atom. The van der Waals surface area contributed by atoms with E-state index in [0.717, 1.165) is 12.1 Å². The average Bonchev–Trinajstić information content (AvgIpc) is 2.59. The van der Waals surface area contributed by atoms with Crippen LogP contribution in [-0.4, -0.2) is 24.3 Å². The highest BCUT2D eigenvalue weighted by Gasteiger charge is 2.60. The van der Waals surface area contributed by atoms with Gasteiger partial charge in [-0.15, -0.1) is 0 Å². The van der Waals surface area contributed by atoms with E-state index in [0.29, 0.717) is 16.3 Å². The number of amides is 1. The van der Waals surface area contributed by atoms with Crippen molar-refractivity contribution in [1.29, 1.82) is 0 Å². The Kier molecular flexibility index (Phi) is 5.59. The van der Waals surface area contributed by atoms with Gasteiger partial charge >= 0.3 is 6.18 Å². The Balaban J connectivity index is 2.29. The number of benzene rings is 2. The molecule has 2 aromatic carbocycles. The van der Waals surface area contributed by atoms with Crippen molar-refractivity contribution in [3.63, 3.8) is 0 Å². The molecule has 1 amide bonds. The molecular formula is C17H15ClF3NO3. The highest BCUT2D eigenvalue weighted by atomic mass is 35.5. The fourth-order valence-corrected chi connectivity index (χ4v) is 2.40. The Labute approximate surface area is 147 Å². The zero-order valence-corrected chi connectivity index (χ0v) is 13.9. The summed E-state index contributed by atoms with van der Waals surface area (Å²) in [5.74, 6) is -1.30. The van der Waals surface area contributed by atoms with Crippen LogP contribution in [0.5, 0.6) is 5.75 Å². The molecule has 0 fully saturated rings. The van der Waals surface area contributed by atoms with E-state index in [1.54, 1.807) is 24.3 Å². The molecule has 0 bridgehead atoms. The zero-order valence-electron chi connectivity index (χ0n) is 13.1. The number of ether oxygens (including phenoxy) is 1. The average molecular weight is 374 g/mol. The molecule has 0 aliphatic rings. The summed E-state index contributed by atoms with van der Waals surface area (Å²) < 4.78 is 45.2. The molecule has 134 valence electrons. The van der Waals surface area contributed by atoms with Crippen LogP contribution in [-0.2, 0) is 16.9 Å². The van der Waals surface area contributed by atoms with Crippen molar-refractivity contribution in [3.8, 4) is 5.75 Å². The van der Waals surface area contributed by atoms with Crippen molar-refractivity contribution in [2.24, 2.45) is 0 Å². The third-order valence-corrected chi connectivity index (χ3v) is 4.01. The molecule has 2 rings (SSSR count). The molecule has 0 aliphatic heterocycles. The number of carbonyl (C=O) groups is 1. The van der Waals surface area contributed by atoms with E-state index in [9.17, 15) is 23.1 Å². The van der Waals surface area contributed by atoms with Crippen LogP contribution in [0, 0.1) is 0 Å². The van der Waals surface area contributed by atoms with Gasteiger partial charge in [-0.05, 0) is 23.8 Å². The predicted molar refractivity (Wildman–Crippen MR) is 86.2 cm³/mol. The maximum Gasteiger partial charge on any atom is 0.430 e. The van der Waals surface area contributed by atoms with Crippen molar-refractivity contribution >= 4 is 17.5 Å². The number of aliphatic hydroxyl groups is 1. The van der Waals surface area contributed by atoms with Gasteiger partial charge in [0.25, 0.3) is 11.5 Å². The second kappa shape index (κ2) is 7.33. The number of alkyl halides is 3. The van der Waals surface area contributed by atoms with E-state index in [4.69, 9.17) is 16.3 Å². The lowest BCUT2D eigenvalue weighted by molar-refractivity contribution is -0.257. The molecule has 0 aliphatic carbocycles. The second-order valence-corrected chi connectivity index (χ2v) is 5.62. The van der Waals surface area contributed by atoms with Gasteiger partial charge in [0.1, 0.15) is 5.75 Å². The molecule has 0 spiro atoms. The first-order valence-corrected chi connectivity index (χ1v) is 7.53. The number of methoxy groups -OCH3 is 1. The third-order valence-electron chi connectivity index (χ3n) is 3.64. The summed E-state index contributed by atoms with van der Waals surface area (Å²) in [5.41, 5.74) is -3.88. The molecular weight excluding hydrogens is 359 g/mol. The minimum atomic E-state index is -5.22. The topological polar surface area (TPSA) is 58.6 Å². The molecule has 4 nitrogen and oxygen atoms in total. The lowest BCUT2D eigenvalue weighted by Gasteiger charge is -2.29. The number of nitrogens with one attached hydrogen (secondary N) is 1. The van der Waals surface area contributed by atoms with Gasteiger partial charge in [-0.1, -0.05) is 41.9 Å². The van der Waals surface area contributed by atoms with Crippen LogP contribution in [0.4, 0.5) is 13.2 Å². The van der Waals surface area contributed by atoms with E-state index in [2.05, 4.69) is 5.32 Å². The molecule has 0 saturated carbocycles. The van der Waals surface area contributed by atoms with Crippen molar-refractivity contribution < 1.29 is 27.8 Å². The Morgan fingerprint density at radius 1 is 1.16 bits per heavy atom. The summed E-state index contributed by atoms with van der Waals surface area (Å²) in [5, 5.41) is 12.6. The van der Waals surface area contributed by atoms with Crippen LogP contribution in [0.15, 0.2) is 48.5 Å². The van der Waals surface area contributed by atoms with Crippen LogP contribution in [0.25, 0.3) is 0 Å². The van der Waals surface area contributed by atoms with Gasteiger partial charge < -0.3 is 15.2 Å². The first kappa shape index (κ1) is 19.1. The summed E-state index contributed by atoms with van der Waals surface area (Å²) in [6.07, 6.45) is -5.22. The van der Waals surface area contributed by atoms with E-state index in [1.165, 1.54) is 19.2 Å². The molecule has 1 atom stereocenters. The summed E-state index contributed by atoms with van der Waals surface area (Å²) >= 11 is 5.91. The van der Waals surface area contributed by atoms with Crippen molar-refractivity contribution in [1.82, 2.24) is 5.32 Å². The number of rotatable bonds is 5. The van der Waals surface area contributed by atoms with E-state index in [-0.39, 0.29) is 6.54 Å².